The smallest absolute Gasteiger partial charge is 0.166 e. The van der Waals surface area contributed by atoms with E-state index in [1.165, 1.54) is 60.3 Å². The molecule has 3 heterocycles. The summed E-state index contributed by atoms with van der Waals surface area (Å²) in [4.78, 5) is 16.3. The molecule has 8 aromatic carbocycles. The number of hydrogen-bond acceptors (Lipinski definition) is 3. The zero-order chi connectivity index (χ0) is 35.1. The maximum Gasteiger partial charge on any atom is 0.166 e. The Labute approximate surface area is 309 Å². The van der Waals surface area contributed by atoms with E-state index in [4.69, 9.17) is 15.0 Å². The van der Waals surface area contributed by atoms with Gasteiger partial charge in [-0.1, -0.05) is 140 Å². The molecule has 4 heteroatoms. The highest BCUT2D eigenvalue weighted by Crippen LogP contribution is 2.62. The van der Waals surface area contributed by atoms with Crippen LogP contribution in [0.1, 0.15) is 22.3 Å². The van der Waals surface area contributed by atoms with Crippen LogP contribution < -0.4 is 0 Å². The lowest BCUT2D eigenvalue weighted by Gasteiger charge is -2.37. The zero-order valence-electron chi connectivity index (χ0n) is 29.0. The standard InChI is InChI=1S/C50H28N4/c1-2-13-32-29(11-1)23-24-31-25-27-41(52-47(31)32)48-49(53-40-21-8-7-20-39(40)51-48)54-42-22-10-19-38-45(42)46-43(54)28-26-30-12-9-18-37(44(30)46)50(38)35-16-5-3-14-33(35)34-15-4-6-17-36(34)50/h1-28H. The van der Waals surface area contributed by atoms with Gasteiger partial charge in [0.05, 0.1) is 38.7 Å². The molecule has 0 amide bonds. The van der Waals surface area contributed by atoms with Gasteiger partial charge >= 0.3 is 0 Å². The van der Waals surface area contributed by atoms with E-state index in [0.29, 0.717) is 0 Å². The minimum Gasteiger partial charge on any atom is -0.292 e. The number of hydrogen-bond donors (Lipinski definition) is 0. The van der Waals surface area contributed by atoms with Gasteiger partial charge in [-0.2, -0.15) is 0 Å². The van der Waals surface area contributed by atoms with Crippen LogP contribution in [0.3, 0.4) is 0 Å². The van der Waals surface area contributed by atoms with Crippen LogP contribution in [0.5, 0.6) is 0 Å². The van der Waals surface area contributed by atoms with Crippen LogP contribution in [0, 0.1) is 0 Å². The maximum absolute atomic E-state index is 5.48. The van der Waals surface area contributed by atoms with Gasteiger partial charge in [-0.05, 0) is 79.9 Å². The average molecular weight is 685 g/mol. The summed E-state index contributed by atoms with van der Waals surface area (Å²) in [5.74, 6) is 0.776. The molecule has 248 valence electrons. The number of fused-ring (bicyclic) bond motifs is 11. The van der Waals surface area contributed by atoms with Crippen molar-refractivity contribution < 1.29 is 0 Å². The molecule has 2 aliphatic rings. The molecular formula is C50H28N4. The molecule has 11 aromatic rings. The van der Waals surface area contributed by atoms with Crippen molar-refractivity contribution in [2.75, 3.05) is 0 Å². The van der Waals surface area contributed by atoms with Gasteiger partial charge in [0.1, 0.15) is 5.69 Å². The van der Waals surface area contributed by atoms with E-state index in [-0.39, 0.29) is 0 Å². The molecule has 0 bridgehead atoms. The van der Waals surface area contributed by atoms with Crippen molar-refractivity contribution in [1.82, 2.24) is 19.5 Å². The van der Waals surface area contributed by atoms with Crippen LogP contribution in [-0.2, 0) is 5.41 Å². The van der Waals surface area contributed by atoms with Crippen molar-refractivity contribution in [3.8, 4) is 28.3 Å². The number of rotatable bonds is 2. The minimum atomic E-state index is -0.474. The van der Waals surface area contributed by atoms with E-state index in [2.05, 4.69) is 156 Å². The van der Waals surface area contributed by atoms with Crippen LogP contribution in [-0.4, -0.2) is 19.5 Å². The third-order valence-corrected chi connectivity index (χ3v) is 12.1. The normalized spacial score (nSPS) is 13.7. The molecule has 54 heavy (non-hydrogen) atoms. The van der Waals surface area contributed by atoms with Crippen molar-refractivity contribution >= 4 is 65.3 Å². The topological polar surface area (TPSA) is 43.6 Å². The first-order chi connectivity index (χ1) is 26.8. The monoisotopic (exact) mass is 684 g/mol. The Balaban J connectivity index is 1.20. The molecular weight excluding hydrogens is 657 g/mol. The van der Waals surface area contributed by atoms with E-state index >= 15 is 0 Å². The molecule has 3 aromatic heterocycles. The summed E-state index contributed by atoms with van der Waals surface area (Å²) in [6.45, 7) is 0. The van der Waals surface area contributed by atoms with Crippen LogP contribution >= 0.6 is 0 Å². The number of para-hydroxylation sites is 2. The number of pyridine rings is 1. The third-order valence-electron chi connectivity index (χ3n) is 12.1. The van der Waals surface area contributed by atoms with Crippen molar-refractivity contribution in [2.24, 2.45) is 0 Å². The average Bonchev–Trinajstić information content (AvgIpc) is 3.73. The largest absolute Gasteiger partial charge is 0.292 e. The number of nitrogens with zero attached hydrogens (tertiary/aromatic N) is 4. The second-order valence-electron chi connectivity index (χ2n) is 14.7. The Morgan fingerprint density at radius 2 is 0.981 bits per heavy atom. The molecule has 0 atom stereocenters. The number of aromatic nitrogens is 4. The van der Waals surface area contributed by atoms with Gasteiger partial charge in [-0.3, -0.25) is 4.57 Å². The molecule has 0 saturated heterocycles. The van der Waals surface area contributed by atoms with E-state index in [1.807, 2.05) is 18.2 Å². The molecule has 0 radical (unpaired) electrons. The summed E-state index contributed by atoms with van der Waals surface area (Å²) in [5, 5.41) is 8.46. The van der Waals surface area contributed by atoms with E-state index in [1.54, 1.807) is 0 Å². The summed E-state index contributed by atoms with van der Waals surface area (Å²) >= 11 is 0. The summed E-state index contributed by atoms with van der Waals surface area (Å²) in [6, 6.07) is 61.5. The highest BCUT2D eigenvalue weighted by Gasteiger charge is 2.50. The van der Waals surface area contributed by atoms with E-state index < -0.39 is 5.41 Å². The first kappa shape index (κ1) is 28.4. The van der Waals surface area contributed by atoms with Gasteiger partial charge in [0, 0.05) is 21.5 Å². The van der Waals surface area contributed by atoms with Crippen molar-refractivity contribution in [3.05, 3.63) is 192 Å². The van der Waals surface area contributed by atoms with Gasteiger partial charge in [-0.15, -0.1) is 0 Å². The third kappa shape index (κ3) is 3.37. The van der Waals surface area contributed by atoms with Gasteiger partial charge < -0.3 is 0 Å². The van der Waals surface area contributed by atoms with Crippen molar-refractivity contribution in [3.63, 3.8) is 0 Å². The van der Waals surface area contributed by atoms with Crippen LogP contribution in [0.2, 0.25) is 0 Å². The summed E-state index contributed by atoms with van der Waals surface area (Å²) in [5.41, 5.74) is 13.9. The minimum absolute atomic E-state index is 0.474. The fourth-order valence-electron chi connectivity index (χ4n) is 10.0. The lowest BCUT2D eigenvalue weighted by molar-refractivity contribution is 0.783. The Bertz CT molecular complexity index is 3420. The van der Waals surface area contributed by atoms with Gasteiger partial charge in [0.2, 0.25) is 0 Å². The summed E-state index contributed by atoms with van der Waals surface area (Å²) < 4.78 is 2.36. The van der Waals surface area contributed by atoms with Gasteiger partial charge in [0.25, 0.3) is 0 Å². The summed E-state index contributed by atoms with van der Waals surface area (Å²) in [7, 11) is 0. The molecule has 13 rings (SSSR count). The number of benzene rings is 8. The van der Waals surface area contributed by atoms with E-state index in [9.17, 15) is 0 Å². The van der Waals surface area contributed by atoms with Crippen LogP contribution in [0.25, 0.3) is 93.6 Å². The van der Waals surface area contributed by atoms with Crippen LogP contribution in [0.4, 0.5) is 0 Å². The maximum atomic E-state index is 5.48. The SMILES string of the molecule is c1ccc2c(c1)-c1ccccc1C21c2cccc3ccc4c(c23)c2c1cccc2n4-c1nc2ccccc2nc1-c1ccc2ccc3ccccc3c2n1. The Morgan fingerprint density at radius 1 is 0.389 bits per heavy atom. The predicted octanol–water partition coefficient (Wildman–Crippen LogP) is 11.9. The van der Waals surface area contributed by atoms with Gasteiger partial charge in [0.15, 0.2) is 5.82 Å². The van der Waals surface area contributed by atoms with E-state index in [0.717, 1.165) is 55.6 Å². The zero-order valence-corrected chi connectivity index (χ0v) is 29.0. The first-order valence-electron chi connectivity index (χ1n) is 18.5. The second-order valence-corrected chi connectivity index (χ2v) is 14.7. The molecule has 0 unspecified atom stereocenters. The second kappa shape index (κ2) is 10.0. The lowest BCUT2D eigenvalue weighted by atomic mass is 9.63. The molecule has 4 nitrogen and oxygen atoms in total. The Morgan fingerprint density at radius 3 is 1.81 bits per heavy atom. The highest BCUT2D eigenvalue weighted by atomic mass is 15.1. The molecule has 0 N–H and O–H groups in total. The molecule has 1 spiro atoms. The Hall–Kier alpha value is -7.17. The first-order valence-corrected chi connectivity index (χ1v) is 18.5. The fourth-order valence-corrected chi connectivity index (χ4v) is 10.0. The highest BCUT2D eigenvalue weighted by molar-refractivity contribution is 6.26. The Kier molecular flexibility index (Phi) is 5.28. The quantitative estimate of drug-likeness (QED) is 0.170. The predicted molar refractivity (Wildman–Crippen MR) is 220 cm³/mol. The molecule has 0 fully saturated rings. The fraction of sp³-hybridized carbons (Fsp3) is 0.0200. The molecule has 2 aliphatic carbocycles. The lowest BCUT2D eigenvalue weighted by Crippen LogP contribution is -2.30. The summed E-state index contributed by atoms with van der Waals surface area (Å²) in [6.07, 6.45) is 0. The van der Waals surface area contributed by atoms with Crippen LogP contribution in [0.15, 0.2) is 170 Å². The van der Waals surface area contributed by atoms with Gasteiger partial charge in [-0.25, -0.2) is 15.0 Å². The van der Waals surface area contributed by atoms with Crippen molar-refractivity contribution in [2.45, 2.75) is 5.41 Å². The van der Waals surface area contributed by atoms with Crippen molar-refractivity contribution in [1.29, 1.82) is 0 Å². The molecule has 0 aliphatic heterocycles. The molecule has 0 saturated carbocycles.